The number of aromatic amines is 1. The molecule has 3 heterocycles. The Balaban J connectivity index is 1.90. The van der Waals surface area contributed by atoms with Crippen LogP contribution in [0.3, 0.4) is 0 Å². The van der Waals surface area contributed by atoms with E-state index in [0.29, 0.717) is 5.69 Å². The van der Waals surface area contributed by atoms with Crippen LogP contribution in [0.2, 0.25) is 0 Å². The van der Waals surface area contributed by atoms with E-state index in [1.165, 1.54) is 4.68 Å². The van der Waals surface area contributed by atoms with Crippen molar-refractivity contribution in [3.8, 4) is 5.69 Å². The number of imidazole rings is 1. The van der Waals surface area contributed by atoms with Crippen LogP contribution in [0, 0.1) is 0 Å². The lowest BCUT2D eigenvalue weighted by molar-refractivity contribution is 0.331. The zero-order chi connectivity index (χ0) is 13.2. The van der Waals surface area contributed by atoms with E-state index in [0.717, 1.165) is 5.57 Å². The number of nitrogens with one attached hydrogen (secondary N) is 2. The number of hydrogen-bond donors (Lipinski definition) is 3. The van der Waals surface area contributed by atoms with Gasteiger partial charge < -0.3 is 10.4 Å². The maximum absolute atomic E-state index is 12.3. The summed E-state index contributed by atoms with van der Waals surface area (Å²) in [5.74, 6) is 0. The Morgan fingerprint density at radius 2 is 2.37 bits per heavy atom. The molecule has 1 aliphatic rings. The highest BCUT2D eigenvalue weighted by molar-refractivity contribution is 5.27. The highest BCUT2D eigenvalue weighted by atomic mass is 16.3. The smallest absolute Gasteiger partial charge is 0.293 e. The minimum atomic E-state index is -0.292. The van der Waals surface area contributed by atoms with Gasteiger partial charge in [0.05, 0.1) is 12.9 Å². The van der Waals surface area contributed by atoms with Gasteiger partial charge in [-0.05, 0) is 11.6 Å². The van der Waals surface area contributed by atoms with E-state index >= 15 is 0 Å². The molecule has 2 aromatic rings. The molecule has 7 heteroatoms. The maximum atomic E-state index is 12.3. The summed E-state index contributed by atoms with van der Waals surface area (Å²) < 4.78 is 3.12. The number of H-pyrrole nitrogens is 1. The molecule has 0 aliphatic carbocycles. The molecule has 98 valence electrons. The number of aliphatic hydroxyl groups is 1. The van der Waals surface area contributed by atoms with Gasteiger partial charge in [0.2, 0.25) is 0 Å². The molecule has 0 saturated carbocycles. The Morgan fingerprint density at radius 3 is 3.00 bits per heavy atom. The molecule has 0 saturated heterocycles. The molecule has 3 rings (SSSR count). The van der Waals surface area contributed by atoms with E-state index in [1.54, 1.807) is 47.8 Å². The van der Waals surface area contributed by atoms with Gasteiger partial charge in [0.25, 0.3) is 5.56 Å². The van der Waals surface area contributed by atoms with Gasteiger partial charge in [-0.2, -0.15) is 0 Å². The van der Waals surface area contributed by atoms with Crippen LogP contribution < -0.4 is 10.9 Å². The predicted octanol–water partition coefficient (Wildman–Crippen LogP) is -0.104. The first-order valence-electron chi connectivity index (χ1n) is 5.82. The minimum absolute atomic E-state index is 0.0316. The normalized spacial score (nSPS) is 18.2. The Morgan fingerprint density at radius 1 is 1.47 bits per heavy atom. The van der Waals surface area contributed by atoms with Gasteiger partial charge >= 0.3 is 0 Å². The molecular weight excluding hydrogens is 246 g/mol. The fraction of sp³-hybridized carbons (Fsp3) is 0.167. The summed E-state index contributed by atoms with van der Waals surface area (Å²) in [6.07, 6.45) is 11.5. The largest absolute Gasteiger partial charge is 0.392 e. The van der Waals surface area contributed by atoms with E-state index in [1.807, 2.05) is 0 Å². The SMILES string of the molecule is O=c1c(-n2ccnc2)c[nH]n1C1C=CC(CO)=CN1. The second kappa shape index (κ2) is 4.62. The molecular formula is C12H13N5O2. The number of nitrogens with zero attached hydrogens (tertiary/aromatic N) is 3. The molecule has 19 heavy (non-hydrogen) atoms. The second-order valence-corrected chi connectivity index (χ2v) is 4.15. The van der Waals surface area contributed by atoms with E-state index in [9.17, 15) is 4.79 Å². The van der Waals surface area contributed by atoms with Crippen molar-refractivity contribution in [2.75, 3.05) is 6.61 Å². The molecule has 0 aromatic carbocycles. The van der Waals surface area contributed by atoms with E-state index < -0.39 is 0 Å². The Bertz CT molecular complexity index is 677. The molecule has 2 aromatic heterocycles. The van der Waals surface area contributed by atoms with Crippen molar-refractivity contribution >= 4 is 0 Å². The summed E-state index contributed by atoms with van der Waals surface area (Å²) in [4.78, 5) is 16.2. The summed E-state index contributed by atoms with van der Waals surface area (Å²) in [7, 11) is 0. The van der Waals surface area contributed by atoms with Crippen molar-refractivity contribution in [1.29, 1.82) is 0 Å². The standard InChI is InChI=1S/C12H13N5O2/c18-7-9-1-2-11(14-5-9)17-12(19)10(6-15-17)16-4-3-13-8-16/h1-6,8,11,14-15,18H,7H2. The van der Waals surface area contributed by atoms with E-state index in [4.69, 9.17) is 5.11 Å². The van der Waals surface area contributed by atoms with Crippen molar-refractivity contribution < 1.29 is 5.11 Å². The highest BCUT2D eigenvalue weighted by Gasteiger charge is 2.15. The third kappa shape index (κ3) is 2.00. The van der Waals surface area contributed by atoms with Crippen molar-refractivity contribution in [2.24, 2.45) is 0 Å². The number of rotatable bonds is 3. The molecule has 1 aliphatic heterocycles. The number of dihydropyridines is 1. The molecule has 0 bridgehead atoms. The van der Waals surface area contributed by atoms with Crippen molar-refractivity contribution in [2.45, 2.75) is 6.17 Å². The first kappa shape index (κ1) is 11.5. The number of aromatic nitrogens is 4. The van der Waals surface area contributed by atoms with Crippen LogP contribution >= 0.6 is 0 Å². The lowest BCUT2D eigenvalue weighted by atomic mass is 10.2. The van der Waals surface area contributed by atoms with Crippen molar-refractivity contribution in [3.05, 3.63) is 59.2 Å². The Hall–Kier alpha value is -2.54. The van der Waals surface area contributed by atoms with Gasteiger partial charge in [0.1, 0.15) is 11.9 Å². The fourth-order valence-corrected chi connectivity index (χ4v) is 1.94. The minimum Gasteiger partial charge on any atom is -0.392 e. The van der Waals surface area contributed by atoms with Crippen LogP contribution in [-0.2, 0) is 0 Å². The van der Waals surface area contributed by atoms with E-state index in [-0.39, 0.29) is 18.3 Å². The molecule has 1 atom stereocenters. The predicted molar refractivity (Wildman–Crippen MR) is 68.7 cm³/mol. The molecule has 0 fully saturated rings. The lowest BCUT2D eigenvalue weighted by Gasteiger charge is -2.18. The van der Waals surface area contributed by atoms with Crippen LogP contribution in [0.15, 0.2) is 53.6 Å². The third-order valence-electron chi connectivity index (χ3n) is 2.95. The summed E-state index contributed by atoms with van der Waals surface area (Å²) in [6, 6.07) is 0. The van der Waals surface area contributed by atoms with Gasteiger partial charge in [-0.15, -0.1) is 0 Å². The van der Waals surface area contributed by atoms with Crippen molar-refractivity contribution in [1.82, 2.24) is 24.6 Å². The molecule has 0 amide bonds. The van der Waals surface area contributed by atoms with Crippen molar-refractivity contribution in [3.63, 3.8) is 0 Å². The average molecular weight is 259 g/mol. The zero-order valence-electron chi connectivity index (χ0n) is 10.0. The molecule has 1 unspecified atom stereocenters. The van der Waals surface area contributed by atoms with Gasteiger partial charge in [-0.3, -0.25) is 14.5 Å². The Labute approximate surface area is 108 Å². The van der Waals surface area contributed by atoms with Gasteiger partial charge in [0.15, 0.2) is 0 Å². The summed E-state index contributed by atoms with van der Waals surface area (Å²) >= 11 is 0. The number of aliphatic hydroxyl groups excluding tert-OH is 1. The topological polar surface area (TPSA) is 87.9 Å². The van der Waals surface area contributed by atoms with Gasteiger partial charge in [-0.25, -0.2) is 9.67 Å². The molecule has 0 spiro atoms. The van der Waals surface area contributed by atoms with Crippen LogP contribution in [0.25, 0.3) is 5.69 Å². The second-order valence-electron chi connectivity index (χ2n) is 4.15. The Kier molecular flexibility index (Phi) is 2.81. The van der Waals surface area contributed by atoms with Crippen LogP contribution in [-0.4, -0.2) is 31.0 Å². The average Bonchev–Trinajstić information content (AvgIpc) is 3.08. The first-order chi connectivity index (χ1) is 9.29. The van der Waals surface area contributed by atoms with Gasteiger partial charge in [0, 0.05) is 24.8 Å². The fourth-order valence-electron chi connectivity index (χ4n) is 1.94. The monoisotopic (exact) mass is 259 g/mol. The van der Waals surface area contributed by atoms with Gasteiger partial charge in [-0.1, -0.05) is 6.08 Å². The maximum Gasteiger partial charge on any atom is 0.293 e. The summed E-state index contributed by atoms with van der Waals surface area (Å²) in [5.41, 5.74) is 1.12. The van der Waals surface area contributed by atoms with Crippen LogP contribution in [0.4, 0.5) is 0 Å². The summed E-state index contributed by atoms with van der Waals surface area (Å²) in [6.45, 7) is -0.0316. The number of hydrogen-bond acceptors (Lipinski definition) is 4. The molecule has 3 N–H and O–H groups in total. The molecule has 7 nitrogen and oxygen atoms in total. The van der Waals surface area contributed by atoms with Crippen LogP contribution in [0.1, 0.15) is 6.17 Å². The van der Waals surface area contributed by atoms with E-state index in [2.05, 4.69) is 15.4 Å². The summed E-state index contributed by atoms with van der Waals surface area (Å²) in [5, 5.41) is 14.9. The van der Waals surface area contributed by atoms with Crippen LogP contribution in [0.5, 0.6) is 0 Å². The third-order valence-corrected chi connectivity index (χ3v) is 2.95. The highest BCUT2D eigenvalue weighted by Crippen LogP contribution is 2.10. The molecule has 0 radical (unpaired) electrons. The zero-order valence-corrected chi connectivity index (χ0v) is 10.0. The first-order valence-corrected chi connectivity index (χ1v) is 5.82. The lowest BCUT2D eigenvalue weighted by Crippen LogP contribution is -2.32. The quantitative estimate of drug-likeness (QED) is 0.718.